The largest absolute Gasteiger partial charge is 0.508 e. The Hall–Kier alpha value is -1.51. The normalized spacial score (nSPS) is 10.9. The van der Waals surface area contributed by atoms with Gasteiger partial charge < -0.3 is 9.84 Å². The first-order valence-electron chi connectivity index (χ1n) is 5.45. The molecule has 0 aromatic heterocycles. The average Bonchev–Trinajstić information content (AvgIpc) is 2.16. The molecule has 0 spiro atoms. The Morgan fingerprint density at radius 3 is 2.38 bits per heavy atom. The Morgan fingerprint density at radius 1 is 1.25 bits per heavy atom. The number of carbonyl (C=O) groups excluding carboxylic acids is 1. The Labute approximate surface area is 96.1 Å². The lowest BCUT2D eigenvalue weighted by Crippen LogP contribution is -2.11. The monoisotopic (exact) mass is 222 g/mol. The number of carbonyl (C=O) groups is 1. The molecule has 0 aliphatic rings. The number of ether oxygens (including phenoxy) is 1. The van der Waals surface area contributed by atoms with Crippen molar-refractivity contribution in [3.05, 3.63) is 29.3 Å². The third-order valence-electron chi connectivity index (χ3n) is 2.23. The van der Waals surface area contributed by atoms with E-state index in [0.717, 1.165) is 5.56 Å². The van der Waals surface area contributed by atoms with Gasteiger partial charge in [-0.2, -0.15) is 0 Å². The molecular weight excluding hydrogens is 204 g/mol. The van der Waals surface area contributed by atoms with E-state index in [4.69, 9.17) is 4.74 Å². The Bertz CT molecular complexity index is 381. The van der Waals surface area contributed by atoms with Crippen molar-refractivity contribution in [2.45, 2.75) is 39.7 Å². The van der Waals surface area contributed by atoms with Crippen LogP contribution in [0.2, 0.25) is 0 Å². The van der Waals surface area contributed by atoms with Crippen molar-refractivity contribution < 1.29 is 14.6 Å². The van der Waals surface area contributed by atoms with Crippen molar-refractivity contribution in [1.82, 2.24) is 0 Å². The predicted octanol–water partition coefficient (Wildman–Crippen LogP) is 3.08. The lowest BCUT2D eigenvalue weighted by molar-refractivity contribution is 0.0378. The zero-order chi connectivity index (χ0) is 12.3. The molecule has 1 N–H and O–H groups in total. The standard InChI is InChI=1S/C13H18O3/c1-8(2)11-7-10(5-6-12(11)14)13(15)16-9(3)4/h5-9,14H,1-4H3. The zero-order valence-electron chi connectivity index (χ0n) is 10.2. The molecule has 0 heterocycles. The maximum absolute atomic E-state index is 11.6. The second-order valence-corrected chi connectivity index (χ2v) is 4.38. The lowest BCUT2D eigenvalue weighted by atomic mass is 10.00. The van der Waals surface area contributed by atoms with Gasteiger partial charge in [0.15, 0.2) is 0 Å². The molecule has 0 bridgehead atoms. The number of aromatic hydroxyl groups is 1. The maximum atomic E-state index is 11.6. The third kappa shape index (κ3) is 2.99. The van der Waals surface area contributed by atoms with Crippen LogP contribution in [0.15, 0.2) is 18.2 Å². The first kappa shape index (κ1) is 12.6. The van der Waals surface area contributed by atoms with E-state index >= 15 is 0 Å². The SMILES string of the molecule is CC(C)OC(=O)c1ccc(O)c(C(C)C)c1. The molecule has 88 valence electrons. The van der Waals surface area contributed by atoms with Gasteiger partial charge in [0.25, 0.3) is 0 Å². The molecular formula is C13H18O3. The summed E-state index contributed by atoms with van der Waals surface area (Å²) in [6, 6.07) is 4.79. The molecule has 0 aliphatic heterocycles. The van der Waals surface area contributed by atoms with Gasteiger partial charge in [-0.25, -0.2) is 4.79 Å². The highest BCUT2D eigenvalue weighted by atomic mass is 16.5. The Balaban J connectivity index is 2.98. The molecule has 1 aromatic rings. The molecule has 0 unspecified atom stereocenters. The lowest BCUT2D eigenvalue weighted by Gasteiger charge is -2.11. The fourth-order valence-corrected chi connectivity index (χ4v) is 1.43. The second kappa shape index (κ2) is 5.01. The summed E-state index contributed by atoms with van der Waals surface area (Å²) in [6.07, 6.45) is -0.135. The first-order chi connectivity index (χ1) is 7.41. The van der Waals surface area contributed by atoms with Crippen molar-refractivity contribution in [3.8, 4) is 5.75 Å². The van der Waals surface area contributed by atoms with Crippen molar-refractivity contribution >= 4 is 5.97 Å². The van der Waals surface area contributed by atoms with E-state index in [1.165, 1.54) is 6.07 Å². The molecule has 3 heteroatoms. The molecule has 0 atom stereocenters. The van der Waals surface area contributed by atoms with Crippen LogP contribution in [-0.2, 0) is 4.74 Å². The average molecular weight is 222 g/mol. The van der Waals surface area contributed by atoms with E-state index in [0.29, 0.717) is 5.56 Å². The number of hydrogen-bond acceptors (Lipinski definition) is 3. The van der Waals surface area contributed by atoms with Gasteiger partial charge in [0.2, 0.25) is 0 Å². The minimum atomic E-state index is -0.350. The predicted molar refractivity (Wildman–Crippen MR) is 62.7 cm³/mol. The van der Waals surface area contributed by atoms with E-state index in [-0.39, 0.29) is 23.7 Å². The van der Waals surface area contributed by atoms with Crippen molar-refractivity contribution in [2.24, 2.45) is 0 Å². The summed E-state index contributed by atoms with van der Waals surface area (Å²) >= 11 is 0. The van der Waals surface area contributed by atoms with E-state index in [1.807, 2.05) is 27.7 Å². The van der Waals surface area contributed by atoms with E-state index in [2.05, 4.69) is 0 Å². The van der Waals surface area contributed by atoms with Gasteiger partial charge in [-0.15, -0.1) is 0 Å². The van der Waals surface area contributed by atoms with Crippen LogP contribution in [-0.4, -0.2) is 17.2 Å². The smallest absolute Gasteiger partial charge is 0.338 e. The summed E-state index contributed by atoms with van der Waals surface area (Å²) in [5, 5.41) is 9.62. The van der Waals surface area contributed by atoms with E-state index < -0.39 is 0 Å². The van der Waals surface area contributed by atoms with E-state index in [1.54, 1.807) is 12.1 Å². The summed E-state index contributed by atoms with van der Waals surface area (Å²) < 4.78 is 5.09. The van der Waals surface area contributed by atoms with Crippen molar-refractivity contribution in [1.29, 1.82) is 0 Å². The van der Waals surface area contributed by atoms with Crippen LogP contribution in [0.5, 0.6) is 5.75 Å². The highest BCUT2D eigenvalue weighted by Crippen LogP contribution is 2.26. The second-order valence-electron chi connectivity index (χ2n) is 4.38. The molecule has 0 saturated heterocycles. The number of rotatable bonds is 3. The minimum absolute atomic E-state index is 0.135. The number of esters is 1. The van der Waals surface area contributed by atoms with Crippen LogP contribution < -0.4 is 0 Å². The van der Waals surface area contributed by atoms with Crippen LogP contribution in [0.3, 0.4) is 0 Å². The first-order valence-corrected chi connectivity index (χ1v) is 5.45. The van der Waals surface area contributed by atoms with Gasteiger partial charge in [0.05, 0.1) is 11.7 Å². The van der Waals surface area contributed by atoms with Crippen LogP contribution in [0.25, 0.3) is 0 Å². The molecule has 0 aliphatic carbocycles. The number of phenolic OH excluding ortho intramolecular Hbond substituents is 1. The third-order valence-corrected chi connectivity index (χ3v) is 2.23. The highest BCUT2D eigenvalue weighted by molar-refractivity contribution is 5.90. The van der Waals surface area contributed by atoms with Gasteiger partial charge in [0, 0.05) is 0 Å². The summed E-state index contributed by atoms with van der Waals surface area (Å²) in [5.74, 6) is 0.0415. The van der Waals surface area contributed by atoms with Crippen LogP contribution in [0.4, 0.5) is 0 Å². The summed E-state index contributed by atoms with van der Waals surface area (Å²) in [4.78, 5) is 11.6. The fourth-order valence-electron chi connectivity index (χ4n) is 1.43. The molecule has 0 fully saturated rings. The summed E-state index contributed by atoms with van der Waals surface area (Å²) in [7, 11) is 0. The minimum Gasteiger partial charge on any atom is -0.508 e. The zero-order valence-corrected chi connectivity index (χ0v) is 10.2. The summed E-state index contributed by atoms with van der Waals surface area (Å²) in [6.45, 7) is 7.54. The Kier molecular flexibility index (Phi) is 3.93. The van der Waals surface area contributed by atoms with Gasteiger partial charge in [-0.3, -0.25) is 0 Å². The Morgan fingerprint density at radius 2 is 1.88 bits per heavy atom. The fraction of sp³-hybridized carbons (Fsp3) is 0.462. The van der Waals surface area contributed by atoms with Gasteiger partial charge in [-0.05, 0) is 43.5 Å². The molecule has 1 aromatic carbocycles. The number of benzene rings is 1. The van der Waals surface area contributed by atoms with E-state index in [9.17, 15) is 9.90 Å². The highest BCUT2D eigenvalue weighted by Gasteiger charge is 2.13. The number of hydrogen-bond donors (Lipinski definition) is 1. The van der Waals surface area contributed by atoms with Crippen LogP contribution in [0.1, 0.15) is 49.5 Å². The van der Waals surface area contributed by atoms with Gasteiger partial charge in [0.1, 0.15) is 5.75 Å². The molecule has 0 saturated carbocycles. The van der Waals surface area contributed by atoms with Crippen LogP contribution >= 0.6 is 0 Å². The quantitative estimate of drug-likeness (QED) is 0.799. The van der Waals surface area contributed by atoms with Gasteiger partial charge >= 0.3 is 5.97 Å². The molecule has 1 rings (SSSR count). The van der Waals surface area contributed by atoms with Gasteiger partial charge in [-0.1, -0.05) is 13.8 Å². The number of phenols is 1. The van der Waals surface area contributed by atoms with Crippen molar-refractivity contribution in [2.75, 3.05) is 0 Å². The molecule has 0 radical (unpaired) electrons. The summed E-state index contributed by atoms with van der Waals surface area (Å²) in [5.41, 5.74) is 1.24. The van der Waals surface area contributed by atoms with Crippen molar-refractivity contribution in [3.63, 3.8) is 0 Å². The molecule has 16 heavy (non-hydrogen) atoms. The maximum Gasteiger partial charge on any atom is 0.338 e. The molecule has 3 nitrogen and oxygen atoms in total. The van der Waals surface area contributed by atoms with Crippen LogP contribution in [0, 0.1) is 0 Å². The topological polar surface area (TPSA) is 46.5 Å². The molecule has 0 amide bonds.